The molecule has 0 radical (unpaired) electrons. The predicted octanol–water partition coefficient (Wildman–Crippen LogP) is 24.8. The number of rotatable bonds is 56. The van der Waals surface area contributed by atoms with E-state index in [0.717, 1.165) is 292 Å². The van der Waals surface area contributed by atoms with Gasteiger partial charge in [0.15, 0.2) is 0 Å². The van der Waals surface area contributed by atoms with Crippen LogP contribution in [0, 0.1) is 0 Å². The normalized spacial score (nSPS) is 11.7. The number of aliphatic carboxylic acids is 4. The third kappa shape index (κ3) is 28.9. The largest absolute Gasteiger partial charge is 0.494 e. The second kappa shape index (κ2) is 47.4. The van der Waals surface area contributed by atoms with Crippen molar-refractivity contribution in [1.29, 1.82) is 0 Å². The van der Waals surface area contributed by atoms with Crippen LogP contribution in [0.5, 0.6) is 23.0 Å². The number of carboxylic acid groups (broad SMARTS) is 4. The van der Waals surface area contributed by atoms with E-state index in [0.29, 0.717) is 26.4 Å². The highest BCUT2D eigenvalue weighted by molar-refractivity contribution is 6.00. The van der Waals surface area contributed by atoms with Crippen molar-refractivity contribution in [2.75, 3.05) is 26.4 Å². The molecule has 5 heterocycles. The van der Waals surface area contributed by atoms with Crippen molar-refractivity contribution in [2.45, 2.75) is 257 Å². The smallest absolute Gasteiger partial charge is 0.303 e. The van der Waals surface area contributed by atoms with Crippen LogP contribution in [0.25, 0.3) is 90.9 Å². The Morgan fingerprint density at radius 3 is 0.574 bits per heavy atom. The first-order valence-electron chi connectivity index (χ1n) is 40.9. The summed E-state index contributed by atoms with van der Waals surface area (Å²) in [6, 6.07) is 42.2. The first-order valence-corrected chi connectivity index (χ1v) is 40.9. The molecule has 2 aliphatic rings. The minimum atomic E-state index is -0.712. The molecular formula is C92H118N4O12. The zero-order valence-corrected chi connectivity index (χ0v) is 63.9. The monoisotopic (exact) mass is 1470 g/mol. The van der Waals surface area contributed by atoms with Gasteiger partial charge in [0.05, 0.1) is 49.2 Å². The SMILES string of the molecule is O=C(O)CCCCCCCCCCCOc1ccc(-c2c3nc(c(-c4ccc(OCCCCCCCCCCCC(=O)O)cc4)c4ccc([nH]4)c(-c4ccc(OCCCCCCCCCCCC(=O)O)cc4)c4nc(c(-c5ccc(OCCCCCCCCCCCC(=O)O)cc5)c5ccc2[nH]5)C=C4)C=C3)cc1. The highest BCUT2D eigenvalue weighted by Crippen LogP contribution is 2.40. The first kappa shape index (κ1) is 82.6. The topological polar surface area (TPSA) is 243 Å². The Balaban J connectivity index is 1.01. The summed E-state index contributed by atoms with van der Waals surface area (Å²) in [5.41, 5.74) is 14.4. The summed E-state index contributed by atoms with van der Waals surface area (Å²) in [4.78, 5) is 62.6. The summed E-state index contributed by atoms with van der Waals surface area (Å²) < 4.78 is 25.5. The zero-order chi connectivity index (χ0) is 75.6. The number of unbranched alkanes of at least 4 members (excludes halogenated alkanes) is 32. The van der Waals surface area contributed by atoms with E-state index in [2.05, 4.69) is 156 Å². The van der Waals surface area contributed by atoms with Gasteiger partial charge in [0, 0.05) is 70.0 Å². The Bertz CT molecular complexity index is 3580. The summed E-state index contributed by atoms with van der Waals surface area (Å²) in [6.45, 7) is 2.51. The number of H-pyrrole nitrogens is 2. The van der Waals surface area contributed by atoms with Gasteiger partial charge in [-0.2, -0.15) is 0 Å². The van der Waals surface area contributed by atoms with Crippen molar-refractivity contribution in [3.05, 3.63) is 144 Å². The van der Waals surface area contributed by atoms with E-state index in [9.17, 15) is 19.2 Å². The summed E-state index contributed by atoms with van der Waals surface area (Å²) in [6.07, 6.45) is 47.7. The second-order valence-corrected chi connectivity index (χ2v) is 29.3. The maximum atomic E-state index is 10.9. The van der Waals surface area contributed by atoms with Gasteiger partial charge >= 0.3 is 23.9 Å². The summed E-state index contributed by atoms with van der Waals surface area (Å²) in [7, 11) is 0. The molecule has 0 aliphatic carbocycles. The van der Waals surface area contributed by atoms with Crippen molar-refractivity contribution < 1.29 is 58.6 Å². The molecule has 0 fully saturated rings. The molecule has 3 aromatic heterocycles. The number of fused-ring (bicyclic) bond motifs is 8. The van der Waals surface area contributed by atoms with Gasteiger partial charge in [0.1, 0.15) is 23.0 Å². The van der Waals surface area contributed by atoms with Crippen LogP contribution in [0.1, 0.15) is 280 Å². The number of aromatic nitrogens is 4. The molecule has 9 rings (SSSR count). The molecule has 6 N–H and O–H groups in total. The number of ether oxygens (including phenoxy) is 4. The fraction of sp³-hybridized carbons (Fsp3) is 0.478. The molecule has 0 amide bonds. The van der Waals surface area contributed by atoms with E-state index in [-0.39, 0.29) is 25.7 Å². The van der Waals surface area contributed by atoms with Gasteiger partial charge in [-0.25, -0.2) is 9.97 Å². The number of hydrogen-bond donors (Lipinski definition) is 6. The highest BCUT2D eigenvalue weighted by Gasteiger charge is 2.21. The number of nitrogens with zero attached hydrogens (tertiary/aromatic N) is 2. The number of hydrogen-bond acceptors (Lipinski definition) is 10. The summed E-state index contributed by atoms with van der Waals surface area (Å²) in [5, 5.41) is 35.8. The van der Waals surface area contributed by atoms with E-state index in [4.69, 9.17) is 49.3 Å². The highest BCUT2D eigenvalue weighted by atomic mass is 16.5. The first-order chi connectivity index (χ1) is 52.9. The Kier molecular flexibility index (Phi) is 36.2. The van der Waals surface area contributed by atoms with Crippen LogP contribution < -0.4 is 18.9 Å². The Morgan fingerprint density at radius 2 is 0.398 bits per heavy atom. The molecule has 108 heavy (non-hydrogen) atoms. The lowest BCUT2D eigenvalue weighted by Gasteiger charge is -2.10. The predicted molar refractivity (Wildman–Crippen MR) is 438 cm³/mol. The quantitative estimate of drug-likeness (QED) is 0.0194. The molecular weight excluding hydrogens is 1350 g/mol. The van der Waals surface area contributed by atoms with Gasteiger partial charge in [0.2, 0.25) is 0 Å². The fourth-order valence-corrected chi connectivity index (χ4v) is 14.5. The molecule has 8 bridgehead atoms. The lowest BCUT2D eigenvalue weighted by molar-refractivity contribution is -0.138. The van der Waals surface area contributed by atoms with E-state index in [1.54, 1.807) is 0 Å². The van der Waals surface area contributed by atoms with Crippen LogP contribution in [0.4, 0.5) is 0 Å². The number of carbonyl (C=O) groups is 4. The van der Waals surface area contributed by atoms with Crippen LogP contribution in [0.3, 0.4) is 0 Å². The third-order valence-electron chi connectivity index (χ3n) is 20.5. The Morgan fingerprint density at radius 1 is 0.231 bits per heavy atom. The van der Waals surface area contributed by atoms with Crippen molar-refractivity contribution >= 4 is 70.2 Å². The van der Waals surface area contributed by atoms with Crippen molar-refractivity contribution in [3.63, 3.8) is 0 Å². The molecule has 7 aromatic rings. The second-order valence-electron chi connectivity index (χ2n) is 29.3. The number of nitrogens with one attached hydrogen (secondary N) is 2. The van der Waals surface area contributed by atoms with E-state index >= 15 is 0 Å². The van der Waals surface area contributed by atoms with Crippen LogP contribution in [-0.4, -0.2) is 90.7 Å². The Labute approximate surface area is 640 Å². The van der Waals surface area contributed by atoms with Crippen LogP contribution in [0.15, 0.2) is 121 Å². The van der Waals surface area contributed by atoms with Crippen LogP contribution >= 0.6 is 0 Å². The standard InChI is InChI=1S/C92H118N4O12/c97-85(98)37-29-21-13-5-1-9-17-25-33-65-105-73-49-41-69(42-50-73)89-77-57-59-79(93-77)90(70-43-51-74(52-44-70)106-66-34-26-18-10-2-6-14-22-30-38-86(99)100)81-61-63-83(95-81)92(72-47-55-76(56-48-72)108-68-36-28-20-12-4-8-16-24-32-40-88(103)104)84-64-62-82(96-84)91(80-60-58-78(89)94-80)71-45-53-75(54-46-71)107-67-35-27-19-11-3-7-15-23-31-39-87(101)102/h41-64,93,96H,1-40,65-68H2,(H,97,98)(H,99,100)(H,101,102)(H,103,104). The summed E-state index contributed by atoms with van der Waals surface area (Å²) >= 11 is 0. The van der Waals surface area contributed by atoms with Gasteiger partial charge in [-0.3, -0.25) is 19.2 Å². The molecule has 0 atom stereocenters. The average Bonchev–Trinajstić information content (AvgIpc) is 1.61. The van der Waals surface area contributed by atoms with Gasteiger partial charge < -0.3 is 49.3 Å². The lowest BCUT2D eigenvalue weighted by atomic mass is 10.0. The van der Waals surface area contributed by atoms with Crippen LogP contribution in [0.2, 0.25) is 0 Å². The molecule has 0 saturated heterocycles. The zero-order valence-electron chi connectivity index (χ0n) is 63.9. The van der Waals surface area contributed by atoms with Crippen LogP contribution in [-0.2, 0) is 19.2 Å². The molecule has 0 unspecified atom stereocenters. The van der Waals surface area contributed by atoms with Crippen molar-refractivity contribution in [1.82, 2.24) is 19.9 Å². The molecule has 16 heteroatoms. The van der Waals surface area contributed by atoms with Gasteiger partial charge in [-0.1, -0.05) is 228 Å². The van der Waals surface area contributed by atoms with Gasteiger partial charge in [0.25, 0.3) is 0 Å². The lowest BCUT2D eigenvalue weighted by Crippen LogP contribution is -1.97. The van der Waals surface area contributed by atoms with E-state index in [1.807, 2.05) is 0 Å². The molecule has 0 spiro atoms. The minimum absolute atomic E-state index is 0.258. The molecule has 16 nitrogen and oxygen atoms in total. The Hall–Kier alpha value is -9.44. The third-order valence-corrected chi connectivity index (χ3v) is 20.5. The maximum Gasteiger partial charge on any atom is 0.303 e. The molecule has 2 aliphatic heterocycles. The fourth-order valence-electron chi connectivity index (χ4n) is 14.5. The molecule has 578 valence electrons. The molecule has 4 aromatic carbocycles. The number of aromatic amines is 2. The van der Waals surface area contributed by atoms with E-state index < -0.39 is 23.9 Å². The minimum Gasteiger partial charge on any atom is -0.494 e. The van der Waals surface area contributed by atoms with Gasteiger partial charge in [-0.15, -0.1) is 0 Å². The van der Waals surface area contributed by atoms with Crippen molar-refractivity contribution in [2.24, 2.45) is 0 Å². The van der Waals surface area contributed by atoms with Crippen molar-refractivity contribution in [3.8, 4) is 67.5 Å². The number of benzene rings is 4. The average molecular weight is 1470 g/mol. The summed E-state index contributed by atoms with van der Waals surface area (Å²) in [5.74, 6) is 0.385. The van der Waals surface area contributed by atoms with Gasteiger partial charge in [-0.05, 0) is 171 Å². The molecule has 0 saturated carbocycles. The number of carboxylic acids is 4. The van der Waals surface area contributed by atoms with E-state index in [1.165, 1.54) is 51.4 Å². The maximum absolute atomic E-state index is 10.9.